The van der Waals surface area contributed by atoms with Crippen LogP contribution in [0.4, 0.5) is 0 Å². The molecular weight excluding hydrogens is 488 g/mol. The van der Waals surface area contributed by atoms with E-state index in [1.165, 1.54) is 12.2 Å². The molecule has 4 amide bonds. The van der Waals surface area contributed by atoms with E-state index in [0.29, 0.717) is 51.6 Å². The van der Waals surface area contributed by atoms with Gasteiger partial charge in [-0.1, -0.05) is 43.2 Å². The van der Waals surface area contributed by atoms with Crippen LogP contribution in [0.3, 0.4) is 0 Å². The Morgan fingerprint density at radius 1 is 1.00 bits per heavy atom. The second-order valence-electron chi connectivity index (χ2n) is 9.30. The van der Waals surface area contributed by atoms with Crippen molar-refractivity contribution in [2.45, 2.75) is 63.8 Å². The first-order chi connectivity index (χ1) is 18.7. The van der Waals surface area contributed by atoms with Crippen LogP contribution in [-0.4, -0.2) is 66.3 Å². The topological polar surface area (TPSA) is 156 Å². The third kappa shape index (κ3) is 10.8. The van der Waals surface area contributed by atoms with Crippen molar-refractivity contribution < 1.29 is 30.1 Å². The smallest absolute Gasteiger partial charge is 0.253 e. The predicted molar refractivity (Wildman–Crippen MR) is 141 cm³/mol. The number of imide groups is 1. The summed E-state index contributed by atoms with van der Waals surface area (Å²) in [6.45, 7) is 0.309. The number of Topliss-reactive ketones (excluding diaryl/α,β-unsaturated/α-hetero) is 1. The van der Waals surface area contributed by atoms with E-state index < -0.39 is 30.7 Å². The Morgan fingerprint density at radius 2 is 1.71 bits per heavy atom. The van der Waals surface area contributed by atoms with E-state index in [4.69, 9.17) is 7.10 Å². The Balaban J connectivity index is 1.96. The van der Waals surface area contributed by atoms with E-state index in [1.807, 2.05) is 30.3 Å². The van der Waals surface area contributed by atoms with Gasteiger partial charge in [0.2, 0.25) is 11.8 Å². The zero-order valence-corrected chi connectivity index (χ0v) is 21.7. The maximum atomic E-state index is 13.4. The highest BCUT2D eigenvalue weighted by Crippen LogP contribution is 2.17. The van der Waals surface area contributed by atoms with Crippen molar-refractivity contribution in [2.24, 2.45) is 11.7 Å². The summed E-state index contributed by atoms with van der Waals surface area (Å²) in [4.78, 5) is 74.1. The van der Waals surface area contributed by atoms with Gasteiger partial charge >= 0.3 is 0 Å². The number of carbonyl (C=O) groups is 6. The van der Waals surface area contributed by atoms with Gasteiger partial charge in [-0.3, -0.25) is 28.9 Å². The van der Waals surface area contributed by atoms with Gasteiger partial charge in [-0.05, 0) is 44.2 Å². The van der Waals surface area contributed by atoms with Gasteiger partial charge in [0.15, 0.2) is 5.78 Å². The SMILES string of the molecule is [2H]C(=O)CNC(=O)[C@H](CCCCN)CC(=O)[C@H](Cc1ccccc1)NC(=O)CCCCCN1C(=O)C=CC1=O. The normalized spacial score (nSPS) is 14.7. The quantitative estimate of drug-likeness (QED) is 0.139. The molecule has 0 fully saturated rings. The summed E-state index contributed by atoms with van der Waals surface area (Å²) in [7, 11) is 0. The second-order valence-corrected chi connectivity index (χ2v) is 9.30. The van der Waals surface area contributed by atoms with Crippen LogP contribution >= 0.6 is 0 Å². The average Bonchev–Trinajstić information content (AvgIpc) is 3.23. The van der Waals surface area contributed by atoms with E-state index in [1.54, 1.807) is 0 Å². The molecule has 0 unspecified atom stereocenters. The molecule has 1 aromatic rings. The number of nitrogens with two attached hydrogens (primary N) is 1. The first-order valence-electron chi connectivity index (χ1n) is 13.6. The molecule has 1 aromatic carbocycles. The Bertz CT molecular complexity index is 1030. The van der Waals surface area contributed by atoms with Crippen molar-refractivity contribution >= 4 is 35.7 Å². The second kappa shape index (κ2) is 17.0. The lowest BCUT2D eigenvalue weighted by molar-refractivity contribution is -0.137. The van der Waals surface area contributed by atoms with Gasteiger partial charge in [0, 0.05) is 37.5 Å². The minimum Gasteiger partial charge on any atom is -0.349 e. The standard InChI is InChI=1S/C28H38N4O6/c29-15-7-6-11-22(28(38)30-16-18-33)20-24(34)23(19-21-9-3-1-4-10-21)31-25(35)12-5-2-8-17-32-26(36)13-14-27(32)37/h1,3-4,9-10,13-14,18,22-23H,2,5-8,11-12,15-17,19-20,29H2,(H,30,38)(H,31,35)/t22-,23+/m1/s1/i18D. The molecule has 0 aromatic heterocycles. The lowest BCUT2D eigenvalue weighted by Crippen LogP contribution is -2.44. The number of benzene rings is 1. The summed E-state index contributed by atoms with van der Waals surface area (Å²) in [6, 6.07) is 8.40. The maximum Gasteiger partial charge on any atom is 0.253 e. The molecule has 4 N–H and O–H groups in total. The molecular formula is C28H38N4O6. The molecule has 38 heavy (non-hydrogen) atoms. The van der Waals surface area contributed by atoms with Gasteiger partial charge in [-0.2, -0.15) is 0 Å². The molecule has 2 rings (SSSR count). The van der Waals surface area contributed by atoms with Crippen molar-refractivity contribution in [1.29, 1.82) is 0 Å². The van der Waals surface area contributed by atoms with E-state index in [9.17, 15) is 28.8 Å². The lowest BCUT2D eigenvalue weighted by Gasteiger charge is -2.21. The minimum atomic E-state index is -0.931. The van der Waals surface area contributed by atoms with Crippen molar-refractivity contribution in [3.63, 3.8) is 0 Å². The molecule has 0 saturated carbocycles. The fourth-order valence-electron chi connectivity index (χ4n) is 4.26. The fraction of sp³-hybridized carbons (Fsp3) is 0.500. The van der Waals surface area contributed by atoms with Crippen LogP contribution in [0.5, 0.6) is 0 Å². The van der Waals surface area contributed by atoms with Gasteiger partial charge in [0.05, 0.1) is 12.6 Å². The first-order valence-corrected chi connectivity index (χ1v) is 13.1. The van der Waals surface area contributed by atoms with Crippen molar-refractivity contribution in [1.82, 2.24) is 15.5 Å². The molecule has 0 spiro atoms. The van der Waals surface area contributed by atoms with Gasteiger partial charge in [0.25, 0.3) is 11.8 Å². The zero-order valence-electron chi connectivity index (χ0n) is 22.7. The maximum absolute atomic E-state index is 13.4. The Labute approximate surface area is 224 Å². The molecule has 2 atom stereocenters. The Kier molecular flexibility index (Phi) is 12.9. The highest BCUT2D eigenvalue weighted by Gasteiger charge is 2.28. The van der Waals surface area contributed by atoms with E-state index in [0.717, 1.165) is 10.5 Å². The summed E-state index contributed by atoms with van der Waals surface area (Å²) in [6.07, 6.45) is 5.27. The summed E-state index contributed by atoms with van der Waals surface area (Å²) < 4.78 is 7.01. The monoisotopic (exact) mass is 527 g/mol. The summed E-state index contributed by atoms with van der Waals surface area (Å²) in [5, 5.41) is 5.23. The van der Waals surface area contributed by atoms with Crippen LogP contribution in [0, 0.1) is 5.92 Å². The number of hydrogen-bond donors (Lipinski definition) is 3. The number of nitrogens with one attached hydrogen (secondary N) is 2. The van der Waals surface area contributed by atoms with Crippen molar-refractivity contribution in [2.75, 3.05) is 19.6 Å². The van der Waals surface area contributed by atoms with Crippen LogP contribution in [0.2, 0.25) is 0 Å². The number of hydrogen-bond acceptors (Lipinski definition) is 7. The number of amides is 4. The van der Waals surface area contributed by atoms with E-state index in [-0.39, 0.29) is 42.8 Å². The van der Waals surface area contributed by atoms with Crippen LogP contribution < -0.4 is 16.4 Å². The minimum absolute atomic E-state index is 0.119. The summed E-state index contributed by atoms with van der Waals surface area (Å²) in [5.41, 5.74) is 6.42. The van der Waals surface area contributed by atoms with Crippen LogP contribution in [0.15, 0.2) is 42.5 Å². The lowest BCUT2D eigenvalue weighted by atomic mass is 9.90. The fourth-order valence-corrected chi connectivity index (χ4v) is 4.26. The van der Waals surface area contributed by atoms with Gasteiger partial charge < -0.3 is 21.2 Å². The molecule has 0 bridgehead atoms. The van der Waals surface area contributed by atoms with Crippen molar-refractivity contribution in [3.05, 3.63) is 48.0 Å². The number of rotatable bonds is 19. The van der Waals surface area contributed by atoms with E-state index >= 15 is 0 Å². The molecule has 10 nitrogen and oxygen atoms in total. The molecule has 0 saturated heterocycles. The van der Waals surface area contributed by atoms with Gasteiger partial charge in [-0.15, -0.1) is 0 Å². The number of aldehydes is 1. The number of carbonyl (C=O) groups excluding carboxylic acids is 6. The summed E-state index contributed by atoms with van der Waals surface area (Å²) in [5.74, 6) is -2.44. The molecule has 1 aliphatic rings. The van der Waals surface area contributed by atoms with Crippen LogP contribution in [0.25, 0.3) is 0 Å². The zero-order chi connectivity index (χ0) is 28.6. The largest absolute Gasteiger partial charge is 0.349 e. The first kappa shape index (κ1) is 28.9. The number of ketones is 1. The van der Waals surface area contributed by atoms with Crippen LogP contribution in [-0.2, 0) is 35.2 Å². The highest BCUT2D eigenvalue weighted by molar-refractivity contribution is 6.12. The molecule has 206 valence electrons. The molecule has 0 aliphatic carbocycles. The molecule has 0 radical (unpaired) electrons. The Morgan fingerprint density at radius 3 is 2.37 bits per heavy atom. The average molecular weight is 528 g/mol. The third-order valence-corrected chi connectivity index (χ3v) is 6.35. The highest BCUT2D eigenvalue weighted by atomic mass is 16.2. The number of nitrogens with zero attached hydrogens (tertiary/aromatic N) is 1. The third-order valence-electron chi connectivity index (χ3n) is 6.35. The predicted octanol–water partition coefficient (Wildman–Crippen LogP) is 1.22. The van der Waals surface area contributed by atoms with Crippen LogP contribution in [0.1, 0.15) is 58.3 Å². The van der Waals surface area contributed by atoms with E-state index in [2.05, 4.69) is 10.6 Å². The van der Waals surface area contributed by atoms with Gasteiger partial charge in [-0.25, -0.2) is 0 Å². The van der Waals surface area contributed by atoms with Gasteiger partial charge in [0.1, 0.15) is 7.63 Å². The Hall–Kier alpha value is -3.66. The summed E-state index contributed by atoms with van der Waals surface area (Å²) >= 11 is 0. The number of unbranched alkanes of at least 4 members (excludes halogenated alkanes) is 3. The molecule has 10 heteroatoms. The van der Waals surface area contributed by atoms with Crippen molar-refractivity contribution in [3.8, 4) is 0 Å². The molecule has 1 aliphatic heterocycles. The molecule has 1 heterocycles.